The summed E-state index contributed by atoms with van der Waals surface area (Å²) in [4.78, 5) is 0. The van der Waals surface area contributed by atoms with Crippen LogP contribution in [-0.4, -0.2) is 14.6 Å². The minimum absolute atomic E-state index is 0. The van der Waals surface area contributed by atoms with E-state index < -0.39 is 25.8 Å². The zero-order valence-corrected chi connectivity index (χ0v) is 34.6. The molecule has 2 aliphatic rings. The molecule has 2 atom stereocenters. The predicted molar refractivity (Wildman–Crippen MR) is 212 cm³/mol. The van der Waals surface area contributed by atoms with E-state index in [2.05, 4.69) is 182 Å². The van der Waals surface area contributed by atoms with Crippen LogP contribution in [0.15, 0.2) is 145 Å². The summed E-state index contributed by atoms with van der Waals surface area (Å²) in [7, 11) is 0. The van der Waals surface area contributed by atoms with Gasteiger partial charge < -0.3 is 24.8 Å². The smallest absolute Gasteiger partial charge is 1.00 e. The summed E-state index contributed by atoms with van der Waals surface area (Å²) in [5, 5.41) is 5.29. The Bertz CT molecular complexity index is 2540. The molecular formula is C46H38Cl2N2SiZr. The van der Waals surface area contributed by atoms with E-state index in [1.54, 1.807) is 22.3 Å². The Morgan fingerprint density at radius 1 is 0.442 bits per heavy atom. The molecule has 6 aromatic carbocycles. The van der Waals surface area contributed by atoms with Crippen LogP contribution < -0.4 is 24.8 Å². The van der Waals surface area contributed by atoms with Crippen molar-refractivity contribution < 1.29 is 45.2 Å². The maximum absolute atomic E-state index is 2.63. The van der Waals surface area contributed by atoms with Gasteiger partial charge in [0, 0.05) is 0 Å². The van der Waals surface area contributed by atoms with Crippen molar-refractivity contribution in [2.45, 2.75) is 34.2 Å². The molecule has 0 N–H and O–H groups in total. The molecule has 10 rings (SSSR count). The number of benzene rings is 6. The average Bonchev–Trinajstić information content (AvgIpc) is 3.86. The van der Waals surface area contributed by atoms with Gasteiger partial charge in [0.15, 0.2) is 0 Å². The van der Waals surface area contributed by atoms with E-state index in [9.17, 15) is 0 Å². The van der Waals surface area contributed by atoms with Crippen molar-refractivity contribution in [3.05, 3.63) is 167 Å². The Labute approximate surface area is 325 Å². The summed E-state index contributed by atoms with van der Waals surface area (Å²) in [6.45, 7) is 10.1. The standard InChI is InChI=1S/2C22H16N.C2H6Si.2ClH.Zr/c2*1-15-13-16-7-6-12-22(19(16)14-15)23-20-10-4-2-8-17(20)18-9-3-5-11-21(18)23;1-3-2;;;/h2*2-14H,1H3;1-2H3;2*1H;/q;;;;;+2/p-2. The zero-order chi connectivity index (χ0) is 33.7. The fraction of sp³-hybridized carbons (Fsp3) is 0.130. The van der Waals surface area contributed by atoms with Gasteiger partial charge in [-0.2, -0.15) is 0 Å². The van der Waals surface area contributed by atoms with E-state index in [1.807, 2.05) is 0 Å². The van der Waals surface area contributed by atoms with Crippen LogP contribution >= 0.6 is 0 Å². The topological polar surface area (TPSA) is 9.86 Å². The second kappa shape index (κ2) is 13.5. The molecule has 0 fully saturated rings. The summed E-state index contributed by atoms with van der Waals surface area (Å²) in [5.41, 5.74) is 16.4. The molecule has 0 spiro atoms. The maximum Gasteiger partial charge on any atom is -1.00 e. The average molecular weight is 809 g/mol. The molecule has 2 unspecified atom stereocenters. The maximum atomic E-state index is 2.63. The van der Waals surface area contributed by atoms with Gasteiger partial charge in [0.2, 0.25) is 0 Å². The molecule has 0 saturated heterocycles. The fourth-order valence-electron chi connectivity index (χ4n) is 9.40. The first-order valence-electron chi connectivity index (χ1n) is 17.8. The molecule has 0 saturated carbocycles. The van der Waals surface area contributed by atoms with Crippen LogP contribution in [0.2, 0.25) is 13.1 Å². The molecule has 0 aliphatic heterocycles. The van der Waals surface area contributed by atoms with Crippen molar-refractivity contribution in [1.29, 1.82) is 0 Å². The third-order valence-electron chi connectivity index (χ3n) is 11.4. The largest absolute Gasteiger partial charge is 1.00 e. The fourth-order valence-corrected chi connectivity index (χ4v) is 30.1. The summed E-state index contributed by atoms with van der Waals surface area (Å²) in [6.07, 6.45) is 5.13. The first-order valence-corrected chi connectivity index (χ1v) is 26.8. The minimum atomic E-state index is -2.27. The third-order valence-corrected chi connectivity index (χ3v) is 31.3. The molecular weight excluding hydrogens is 771 g/mol. The van der Waals surface area contributed by atoms with Gasteiger partial charge in [-0.05, 0) is 0 Å². The number of aromatic nitrogens is 2. The normalized spacial score (nSPS) is 15.8. The van der Waals surface area contributed by atoms with Crippen molar-refractivity contribution in [1.82, 2.24) is 9.13 Å². The van der Waals surface area contributed by atoms with Gasteiger partial charge in [0.25, 0.3) is 0 Å². The Kier molecular flexibility index (Phi) is 9.11. The van der Waals surface area contributed by atoms with Crippen LogP contribution in [0.5, 0.6) is 0 Å². The number of para-hydroxylation sites is 4. The van der Waals surface area contributed by atoms with E-state index in [1.165, 1.54) is 66.1 Å². The second-order valence-electron chi connectivity index (χ2n) is 14.4. The number of hydrogen-bond acceptors (Lipinski definition) is 0. The van der Waals surface area contributed by atoms with Gasteiger partial charge in [-0.3, -0.25) is 0 Å². The van der Waals surface area contributed by atoms with E-state index in [-0.39, 0.29) is 24.8 Å². The number of hydrogen-bond donors (Lipinski definition) is 0. The Morgan fingerprint density at radius 3 is 1.10 bits per heavy atom. The van der Waals surface area contributed by atoms with Crippen LogP contribution in [-0.2, 0) is 20.4 Å². The van der Waals surface area contributed by atoms with Gasteiger partial charge >= 0.3 is 303 Å². The van der Waals surface area contributed by atoms with E-state index in [0.717, 1.165) is 0 Å². The van der Waals surface area contributed by atoms with Crippen molar-refractivity contribution in [2.24, 2.45) is 0 Å². The van der Waals surface area contributed by atoms with Crippen LogP contribution in [0.1, 0.15) is 43.4 Å². The van der Waals surface area contributed by atoms with E-state index in [4.69, 9.17) is 0 Å². The van der Waals surface area contributed by atoms with Crippen LogP contribution in [0.4, 0.5) is 0 Å². The Morgan fingerprint density at radius 2 is 0.769 bits per heavy atom. The summed E-state index contributed by atoms with van der Waals surface area (Å²) >= 11 is -2.27. The zero-order valence-electron chi connectivity index (χ0n) is 29.7. The molecule has 2 heterocycles. The first-order chi connectivity index (χ1) is 24.5. The minimum Gasteiger partial charge on any atom is -1.00 e. The molecule has 8 aromatic rings. The van der Waals surface area contributed by atoms with Crippen LogP contribution in [0.3, 0.4) is 0 Å². The van der Waals surface area contributed by atoms with Crippen molar-refractivity contribution in [3.63, 3.8) is 0 Å². The van der Waals surface area contributed by atoms with Gasteiger partial charge in [-0.1, -0.05) is 0 Å². The van der Waals surface area contributed by atoms with Gasteiger partial charge in [0.1, 0.15) is 0 Å². The molecule has 52 heavy (non-hydrogen) atoms. The quantitative estimate of drug-likeness (QED) is 0.183. The van der Waals surface area contributed by atoms with Crippen LogP contribution in [0.25, 0.3) is 67.1 Å². The molecule has 254 valence electrons. The summed E-state index contributed by atoms with van der Waals surface area (Å²) in [5.74, 6) is 0. The van der Waals surface area contributed by atoms with Crippen molar-refractivity contribution >= 4 is 61.2 Å². The number of fused-ring (bicyclic) bond motifs is 8. The predicted octanol–water partition coefficient (Wildman–Crippen LogP) is 6.37. The van der Waals surface area contributed by atoms with E-state index >= 15 is 0 Å². The molecule has 2 aromatic heterocycles. The summed E-state index contributed by atoms with van der Waals surface area (Å²) in [6, 6.07) is 50.0. The van der Waals surface area contributed by atoms with Gasteiger partial charge in [-0.15, -0.1) is 0 Å². The van der Waals surface area contributed by atoms with Crippen LogP contribution in [0, 0.1) is 0 Å². The SMILES string of the molecule is CC1=Cc2c(cccc2-n2c3ccccc3c3ccccc32)[CH]1[Zr+2]([CH]1C(C)=Cc2c1cccc2-n1c2ccccc2c2ccccc21)=[Si](C)C.[Cl-].[Cl-]. The third kappa shape index (κ3) is 5.06. The first kappa shape index (κ1) is 35.1. The monoisotopic (exact) mass is 806 g/mol. The molecule has 0 amide bonds. The van der Waals surface area contributed by atoms with Gasteiger partial charge in [0.05, 0.1) is 0 Å². The number of halogens is 2. The molecule has 2 nitrogen and oxygen atoms in total. The summed E-state index contributed by atoms with van der Waals surface area (Å²) < 4.78 is 6.19. The molecule has 6 heteroatoms. The molecule has 0 radical (unpaired) electrons. The molecule has 0 bridgehead atoms. The number of nitrogens with zero attached hydrogens (tertiary/aromatic N) is 2. The number of rotatable bonds is 4. The Balaban J connectivity index is 0.00000193. The number of allylic oxidation sites excluding steroid dienone is 2. The van der Waals surface area contributed by atoms with E-state index in [0.29, 0.717) is 7.25 Å². The van der Waals surface area contributed by atoms with Crippen molar-refractivity contribution in [3.8, 4) is 11.4 Å². The Hall–Kier alpha value is -3.92. The van der Waals surface area contributed by atoms with Crippen molar-refractivity contribution in [2.75, 3.05) is 0 Å². The second-order valence-corrected chi connectivity index (χ2v) is 32.3. The van der Waals surface area contributed by atoms with Gasteiger partial charge in [-0.25, -0.2) is 0 Å². The molecule has 2 aliphatic carbocycles.